The van der Waals surface area contributed by atoms with Gasteiger partial charge in [-0.25, -0.2) is 4.79 Å². The van der Waals surface area contributed by atoms with Gasteiger partial charge in [0.15, 0.2) is 0 Å². The van der Waals surface area contributed by atoms with E-state index in [1.807, 2.05) is 49.9 Å². The number of benzene rings is 2. The molecule has 1 amide bonds. The van der Waals surface area contributed by atoms with E-state index in [1.54, 1.807) is 24.4 Å². The molecule has 0 bridgehead atoms. The van der Waals surface area contributed by atoms with Crippen LogP contribution in [0.1, 0.15) is 67.2 Å². The predicted molar refractivity (Wildman–Crippen MR) is 140 cm³/mol. The number of aromatic nitrogens is 2. The summed E-state index contributed by atoms with van der Waals surface area (Å²) in [4.78, 5) is 28.3. The molecule has 0 N–H and O–H groups in total. The first-order valence-electron chi connectivity index (χ1n) is 12.6. The summed E-state index contributed by atoms with van der Waals surface area (Å²) >= 11 is 6.65. The molecule has 0 aliphatic heterocycles. The molecular formula is C29H29ClN4O3. The maximum atomic E-state index is 13.8. The lowest BCUT2D eigenvalue weighted by Gasteiger charge is -2.34. The van der Waals surface area contributed by atoms with Crippen molar-refractivity contribution in [3.05, 3.63) is 76.1 Å². The number of ether oxygens (including phenoxy) is 1. The number of hydrogen-bond acceptors (Lipinski definition) is 5. The van der Waals surface area contributed by atoms with Crippen molar-refractivity contribution in [2.75, 3.05) is 0 Å². The molecule has 1 unspecified atom stereocenters. The summed E-state index contributed by atoms with van der Waals surface area (Å²) in [5, 5.41) is 14.3. The fourth-order valence-corrected chi connectivity index (χ4v) is 5.20. The summed E-state index contributed by atoms with van der Waals surface area (Å²) in [5.74, 6) is -0.0828. The second-order valence-electron chi connectivity index (χ2n) is 10.7. The Labute approximate surface area is 221 Å². The summed E-state index contributed by atoms with van der Waals surface area (Å²) in [6.07, 6.45) is 5.26. The predicted octanol–water partition coefficient (Wildman–Crippen LogP) is 6.02. The monoisotopic (exact) mass is 516 g/mol. The lowest BCUT2D eigenvalue weighted by Crippen LogP contribution is -2.45. The van der Waals surface area contributed by atoms with E-state index in [9.17, 15) is 14.9 Å². The van der Waals surface area contributed by atoms with E-state index in [0.717, 1.165) is 41.6 Å². The smallest absolute Gasteiger partial charge is 0.435 e. The number of carbonyl (C=O) groups is 2. The third-order valence-corrected chi connectivity index (χ3v) is 7.07. The van der Waals surface area contributed by atoms with Gasteiger partial charge < -0.3 is 9.64 Å². The maximum Gasteiger partial charge on any atom is 0.435 e. The molecule has 190 valence electrons. The van der Waals surface area contributed by atoms with Crippen LogP contribution in [-0.4, -0.2) is 44.4 Å². The number of aryl methyl sites for hydroxylation is 1. The van der Waals surface area contributed by atoms with Crippen LogP contribution in [0.3, 0.4) is 0 Å². The largest absolute Gasteiger partial charge is 0.442 e. The Hall–Kier alpha value is -3.63. The molecule has 1 aromatic heterocycles. The SMILES string of the molecule is CC(C)(C)OC(=O)n1cc2c(n1)CCC(N(C(=O)c1ccc(-c3ccccc3C#N)cc1Cl)C1CC1)C2. The maximum absolute atomic E-state index is 13.8. The van der Waals surface area contributed by atoms with Crippen molar-refractivity contribution in [2.45, 2.75) is 70.6 Å². The highest BCUT2D eigenvalue weighted by atomic mass is 35.5. The highest BCUT2D eigenvalue weighted by molar-refractivity contribution is 6.34. The van der Waals surface area contributed by atoms with E-state index in [1.165, 1.54) is 4.68 Å². The summed E-state index contributed by atoms with van der Waals surface area (Å²) < 4.78 is 6.73. The molecule has 2 aliphatic carbocycles. The summed E-state index contributed by atoms with van der Waals surface area (Å²) in [5.41, 5.74) is 3.84. The molecule has 1 fully saturated rings. The van der Waals surface area contributed by atoms with Crippen LogP contribution in [0.15, 0.2) is 48.7 Å². The van der Waals surface area contributed by atoms with E-state index in [4.69, 9.17) is 16.3 Å². The number of halogens is 1. The molecule has 1 saturated carbocycles. The van der Waals surface area contributed by atoms with Gasteiger partial charge >= 0.3 is 6.09 Å². The normalized spacial score (nSPS) is 17.0. The molecule has 1 atom stereocenters. The van der Waals surface area contributed by atoms with Gasteiger partial charge in [0, 0.05) is 18.3 Å². The van der Waals surface area contributed by atoms with E-state index < -0.39 is 11.7 Å². The van der Waals surface area contributed by atoms with Crippen molar-refractivity contribution in [3.63, 3.8) is 0 Å². The van der Waals surface area contributed by atoms with Gasteiger partial charge in [-0.05, 0) is 87.8 Å². The average molecular weight is 517 g/mol. The lowest BCUT2D eigenvalue weighted by molar-refractivity contribution is 0.0513. The zero-order valence-corrected chi connectivity index (χ0v) is 22.0. The molecular weight excluding hydrogens is 488 g/mol. The van der Waals surface area contributed by atoms with E-state index in [-0.39, 0.29) is 18.0 Å². The van der Waals surface area contributed by atoms with Gasteiger partial charge in [-0.3, -0.25) is 4.79 Å². The van der Waals surface area contributed by atoms with Crippen LogP contribution < -0.4 is 0 Å². The Morgan fingerprint density at radius 1 is 1.14 bits per heavy atom. The quantitative estimate of drug-likeness (QED) is 0.423. The molecule has 0 spiro atoms. The number of nitriles is 1. The topological polar surface area (TPSA) is 88.2 Å². The fourth-order valence-electron chi connectivity index (χ4n) is 4.94. The molecule has 5 rings (SSSR count). The van der Waals surface area contributed by atoms with Gasteiger partial charge in [0.2, 0.25) is 0 Å². The lowest BCUT2D eigenvalue weighted by atomic mass is 9.91. The Morgan fingerprint density at radius 2 is 1.89 bits per heavy atom. The van der Waals surface area contributed by atoms with Crippen molar-refractivity contribution < 1.29 is 14.3 Å². The van der Waals surface area contributed by atoms with Crippen molar-refractivity contribution in [3.8, 4) is 17.2 Å². The van der Waals surface area contributed by atoms with Gasteiger partial charge in [-0.1, -0.05) is 35.9 Å². The van der Waals surface area contributed by atoms with E-state index >= 15 is 0 Å². The van der Waals surface area contributed by atoms with E-state index in [2.05, 4.69) is 11.2 Å². The van der Waals surface area contributed by atoms with Gasteiger partial charge in [-0.2, -0.15) is 15.0 Å². The van der Waals surface area contributed by atoms with Crippen LogP contribution in [0.5, 0.6) is 0 Å². The van der Waals surface area contributed by atoms with Crippen LogP contribution >= 0.6 is 11.6 Å². The molecule has 0 radical (unpaired) electrons. The van der Waals surface area contributed by atoms with Crippen molar-refractivity contribution in [2.24, 2.45) is 0 Å². The van der Waals surface area contributed by atoms with Crippen LogP contribution in [0.4, 0.5) is 4.79 Å². The number of carbonyl (C=O) groups excluding carboxylic acids is 2. The van der Waals surface area contributed by atoms with Gasteiger partial charge in [0.25, 0.3) is 5.91 Å². The van der Waals surface area contributed by atoms with Crippen molar-refractivity contribution in [1.82, 2.24) is 14.7 Å². The van der Waals surface area contributed by atoms with Crippen LogP contribution in [0.2, 0.25) is 5.02 Å². The van der Waals surface area contributed by atoms with Crippen LogP contribution in [0, 0.1) is 11.3 Å². The molecule has 8 heteroatoms. The third kappa shape index (κ3) is 5.26. The summed E-state index contributed by atoms with van der Waals surface area (Å²) in [7, 11) is 0. The first kappa shape index (κ1) is 25.0. The number of fused-ring (bicyclic) bond motifs is 1. The molecule has 2 aliphatic rings. The minimum atomic E-state index is -0.604. The summed E-state index contributed by atoms with van der Waals surface area (Å²) in [6, 6.07) is 15.1. The molecule has 1 heterocycles. The molecule has 3 aromatic rings. The highest BCUT2D eigenvalue weighted by Crippen LogP contribution is 2.36. The Kier molecular flexibility index (Phi) is 6.55. The number of rotatable bonds is 4. The highest BCUT2D eigenvalue weighted by Gasteiger charge is 2.40. The number of nitrogens with zero attached hydrogens (tertiary/aromatic N) is 4. The van der Waals surface area contributed by atoms with Crippen molar-refractivity contribution >= 4 is 23.6 Å². The van der Waals surface area contributed by atoms with Crippen LogP contribution in [0.25, 0.3) is 11.1 Å². The molecule has 0 saturated heterocycles. The molecule has 2 aromatic carbocycles. The third-order valence-electron chi connectivity index (χ3n) is 6.75. The number of amides is 1. The minimum Gasteiger partial charge on any atom is -0.442 e. The molecule has 7 nitrogen and oxygen atoms in total. The van der Waals surface area contributed by atoms with Gasteiger partial charge in [0.05, 0.1) is 27.9 Å². The number of hydrogen-bond donors (Lipinski definition) is 0. The zero-order chi connectivity index (χ0) is 26.3. The Morgan fingerprint density at radius 3 is 2.57 bits per heavy atom. The Bertz CT molecular complexity index is 1410. The molecule has 37 heavy (non-hydrogen) atoms. The standard InChI is InChI=1S/C29H29ClN4O3/c1-29(2,3)37-28(36)33-17-20-14-22(11-13-26(20)32-33)34(21-9-10-21)27(35)24-12-8-18(15-25(24)30)23-7-5-4-6-19(23)16-31/h4-8,12,15,17,21-22H,9-11,13-14H2,1-3H3. The fraction of sp³-hybridized carbons (Fsp3) is 0.379. The second kappa shape index (κ2) is 9.68. The Balaban J connectivity index is 1.37. The first-order chi connectivity index (χ1) is 17.6. The summed E-state index contributed by atoms with van der Waals surface area (Å²) in [6.45, 7) is 5.47. The first-order valence-corrected chi connectivity index (χ1v) is 12.9. The zero-order valence-electron chi connectivity index (χ0n) is 21.2. The average Bonchev–Trinajstić information content (AvgIpc) is 3.59. The van der Waals surface area contributed by atoms with Crippen LogP contribution in [-0.2, 0) is 17.6 Å². The van der Waals surface area contributed by atoms with Gasteiger partial charge in [-0.15, -0.1) is 0 Å². The van der Waals surface area contributed by atoms with Gasteiger partial charge in [0.1, 0.15) is 5.60 Å². The second-order valence-corrected chi connectivity index (χ2v) is 11.1. The van der Waals surface area contributed by atoms with E-state index in [0.29, 0.717) is 29.0 Å². The minimum absolute atomic E-state index is 0.00107. The van der Waals surface area contributed by atoms with Crippen molar-refractivity contribution in [1.29, 1.82) is 5.26 Å².